The quantitative estimate of drug-likeness (QED) is 0.765. The third kappa shape index (κ3) is 1.22. The molecule has 0 saturated heterocycles. The summed E-state index contributed by atoms with van der Waals surface area (Å²) in [4.78, 5) is 0. The summed E-state index contributed by atoms with van der Waals surface area (Å²) in [6.45, 7) is 0. The van der Waals surface area contributed by atoms with Gasteiger partial charge in [0.15, 0.2) is 0 Å². The van der Waals surface area contributed by atoms with E-state index in [4.69, 9.17) is 17.3 Å². The SMILES string of the molecule is Nc1sc2ccc(Br)cc2c1Cl. The minimum atomic E-state index is 0.663. The predicted molar refractivity (Wildman–Crippen MR) is 58.9 cm³/mol. The van der Waals surface area contributed by atoms with Gasteiger partial charge in [-0.1, -0.05) is 27.5 Å². The highest BCUT2D eigenvalue weighted by Gasteiger charge is 2.06. The molecule has 1 aromatic heterocycles. The first kappa shape index (κ1) is 8.35. The molecule has 2 aromatic rings. The highest BCUT2D eigenvalue weighted by molar-refractivity contribution is 9.10. The first-order chi connectivity index (χ1) is 5.68. The summed E-state index contributed by atoms with van der Waals surface area (Å²) < 4.78 is 2.15. The van der Waals surface area contributed by atoms with Crippen LogP contribution in [-0.2, 0) is 0 Å². The maximum Gasteiger partial charge on any atom is 0.106 e. The molecule has 0 fully saturated rings. The molecule has 1 nitrogen and oxygen atoms in total. The van der Waals surface area contributed by atoms with Crippen molar-refractivity contribution in [1.82, 2.24) is 0 Å². The summed E-state index contributed by atoms with van der Waals surface area (Å²) in [5, 5.41) is 2.37. The van der Waals surface area contributed by atoms with E-state index in [0.717, 1.165) is 14.6 Å². The van der Waals surface area contributed by atoms with Crippen molar-refractivity contribution in [3.8, 4) is 0 Å². The number of benzene rings is 1. The molecular weight excluding hydrogens is 258 g/mol. The summed E-state index contributed by atoms with van der Waals surface area (Å²) >= 11 is 10.9. The maximum absolute atomic E-state index is 5.98. The zero-order valence-electron chi connectivity index (χ0n) is 5.97. The van der Waals surface area contributed by atoms with Crippen LogP contribution in [0.25, 0.3) is 10.1 Å². The molecule has 0 aliphatic heterocycles. The Morgan fingerprint density at radius 1 is 1.42 bits per heavy atom. The van der Waals surface area contributed by atoms with Crippen LogP contribution < -0.4 is 5.73 Å². The molecule has 0 aliphatic rings. The summed E-state index contributed by atoms with van der Waals surface area (Å²) in [6, 6.07) is 5.96. The number of nitrogens with two attached hydrogens (primary N) is 1. The molecule has 0 unspecified atom stereocenters. The van der Waals surface area contributed by atoms with E-state index >= 15 is 0 Å². The largest absolute Gasteiger partial charge is 0.389 e. The Morgan fingerprint density at radius 3 is 2.92 bits per heavy atom. The molecule has 0 saturated carbocycles. The summed E-state index contributed by atoms with van der Waals surface area (Å²) in [6.07, 6.45) is 0. The topological polar surface area (TPSA) is 26.0 Å². The average Bonchev–Trinajstić information content (AvgIpc) is 2.31. The predicted octanol–water partition coefficient (Wildman–Crippen LogP) is 3.90. The lowest BCUT2D eigenvalue weighted by atomic mass is 10.3. The number of nitrogen functional groups attached to an aromatic ring is 1. The van der Waals surface area contributed by atoms with Gasteiger partial charge in [-0.25, -0.2) is 0 Å². The Morgan fingerprint density at radius 2 is 2.17 bits per heavy atom. The number of rotatable bonds is 0. The minimum absolute atomic E-state index is 0.663. The van der Waals surface area contributed by atoms with Crippen LogP contribution in [-0.4, -0.2) is 0 Å². The third-order valence-corrected chi connectivity index (χ3v) is 3.63. The molecule has 0 bridgehead atoms. The smallest absolute Gasteiger partial charge is 0.106 e. The van der Waals surface area contributed by atoms with Crippen molar-refractivity contribution in [3.05, 3.63) is 27.7 Å². The molecular formula is C8H5BrClNS. The van der Waals surface area contributed by atoms with E-state index in [1.54, 1.807) is 0 Å². The van der Waals surface area contributed by atoms with E-state index in [1.165, 1.54) is 11.3 Å². The molecule has 1 aromatic carbocycles. The normalized spacial score (nSPS) is 10.8. The monoisotopic (exact) mass is 261 g/mol. The maximum atomic E-state index is 5.98. The van der Waals surface area contributed by atoms with Gasteiger partial charge in [-0.15, -0.1) is 11.3 Å². The van der Waals surface area contributed by atoms with Gasteiger partial charge < -0.3 is 5.73 Å². The number of halogens is 2. The van der Waals surface area contributed by atoms with Crippen LogP contribution in [0.1, 0.15) is 0 Å². The Hall–Kier alpha value is -0.250. The number of thiophene rings is 1. The van der Waals surface area contributed by atoms with Gasteiger partial charge in [0.2, 0.25) is 0 Å². The molecule has 62 valence electrons. The number of hydrogen-bond acceptors (Lipinski definition) is 2. The van der Waals surface area contributed by atoms with Crippen molar-refractivity contribution in [3.63, 3.8) is 0 Å². The molecule has 4 heteroatoms. The van der Waals surface area contributed by atoms with Crippen molar-refractivity contribution >= 4 is 54.0 Å². The van der Waals surface area contributed by atoms with E-state index < -0.39 is 0 Å². The first-order valence-corrected chi connectivity index (χ1v) is 5.30. The summed E-state index contributed by atoms with van der Waals surface area (Å²) in [5.41, 5.74) is 5.67. The summed E-state index contributed by atoms with van der Waals surface area (Å²) in [7, 11) is 0. The van der Waals surface area contributed by atoms with Crippen LogP contribution in [0.4, 0.5) is 5.00 Å². The van der Waals surface area contributed by atoms with Gasteiger partial charge >= 0.3 is 0 Å². The van der Waals surface area contributed by atoms with Gasteiger partial charge in [-0.3, -0.25) is 0 Å². The van der Waals surface area contributed by atoms with Crippen LogP contribution in [0.3, 0.4) is 0 Å². The van der Waals surface area contributed by atoms with E-state index in [-0.39, 0.29) is 0 Å². The van der Waals surface area contributed by atoms with Gasteiger partial charge in [-0.2, -0.15) is 0 Å². The Bertz CT molecular complexity index is 438. The molecule has 2 N–H and O–H groups in total. The number of fused-ring (bicyclic) bond motifs is 1. The lowest BCUT2D eigenvalue weighted by molar-refractivity contribution is 1.76. The third-order valence-electron chi connectivity index (χ3n) is 1.61. The molecule has 2 rings (SSSR count). The molecule has 1 heterocycles. The van der Waals surface area contributed by atoms with Crippen molar-refractivity contribution in [2.24, 2.45) is 0 Å². The average molecular weight is 263 g/mol. The van der Waals surface area contributed by atoms with Crippen molar-refractivity contribution < 1.29 is 0 Å². The van der Waals surface area contributed by atoms with E-state index in [1.807, 2.05) is 18.2 Å². The van der Waals surface area contributed by atoms with Crippen LogP contribution in [0.2, 0.25) is 5.02 Å². The molecule has 0 aliphatic carbocycles. The zero-order valence-corrected chi connectivity index (χ0v) is 9.13. The lowest BCUT2D eigenvalue weighted by Crippen LogP contribution is -1.76. The Balaban J connectivity index is 2.88. The van der Waals surface area contributed by atoms with Gasteiger partial charge in [0.1, 0.15) is 5.00 Å². The fraction of sp³-hybridized carbons (Fsp3) is 0. The van der Waals surface area contributed by atoms with Crippen LogP contribution in [0, 0.1) is 0 Å². The first-order valence-electron chi connectivity index (χ1n) is 3.31. The van der Waals surface area contributed by atoms with Crippen LogP contribution >= 0.6 is 38.9 Å². The van der Waals surface area contributed by atoms with Gasteiger partial charge in [-0.05, 0) is 18.2 Å². The minimum Gasteiger partial charge on any atom is -0.389 e. The van der Waals surface area contributed by atoms with Crippen LogP contribution in [0.15, 0.2) is 22.7 Å². The van der Waals surface area contributed by atoms with Gasteiger partial charge in [0, 0.05) is 14.6 Å². The fourth-order valence-corrected chi connectivity index (χ4v) is 2.59. The van der Waals surface area contributed by atoms with E-state index in [9.17, 15) is 0 Å². The lowest BCUT2D eigenvalue weighted by Gasteiger charge is -1.90. The van der Waals surface area contributed by atoms with E-state index in [2.05, 4.69) is 15.9 Å². The second kappa shape index (κ2) is 2.91. The Kier molecular flexibility index (Phi) is 2.02. The van der Waals surface area contributed by atoms with Crippen molar-refractivity contribution in [2.75, 3.05) is 5.73 Å². The molecule has 0 atom stereocenters. The van der Waals surface area contributed by atoms with Gasteiger partial charge in [0.05, 0.1) is 5.02 Å². The highest BCUT2D eigenvalue weighted by Crippen LogP contribution is 2.38. The number of anilines is 1. The van der Waals surface area contributed by atoms with Gasteiger partial charge in [0.25, 0.3) is 0 Å². The molecule has 0 radical (unpaired) electrons. The second-order valence-electron chi connectivity index (χ2n) is 2.42. The highest BCUT2D eigenvalue weighted by atomic mass is 79.9. The fourth-order valence-electron chi connectivity index (χ4n) is 1.06. The molecule has 12 heavy (non-hydrogen) atoms. The summed E-state index contributed by atoms with van der Waals surface area (Å²) in [5.74, 6) is 0. The van der Waals surface area contributed by atoms with Crippen LogP contribution in [0.5, 0.6) is 0 Å². The second-order valence-corrected chi connectivity index (χ2v) is 4.80. The van der Waals surface area contributed by atoms with Crippen molar-refractivity contribution in [1.29, 1.82) is 0 Å². The standard InChI is InChI=1S/C8H5BrClNS/c9-4-1-2-6-5(3-4)7(10)8(11)12-6/h1-3H,11H2. The zero-order chi connectivity index (χ0) is 8.72. The molecule has 0 amide bonds. The number of hydrogen-bond donors (Lipinski definition) is 1. The molecule has 0 spiro atoms. The van der Waals surface area contributed by atoms with Crippen molar-refractivity contribution in [2.45, 2.75) is 0 Å². The Labute approximate surface area is 87.3 Å². The van der Waals surface area contributed by atoms with E-state index in [0.29, 0.717) is 10.0 Å².